The topological polar surface area (TPSA) is 42.7 Å². The summed E-state index contributed by atoms with van der Waals surface area (Å²) in [7, 11) is 0. The number of ether oxygens (including phenoxy) is 1. The lowest BCUT2D eigenvalue weighted by atomic mass is 10.1. The molecule has 1 fully saturated rings. The number of aryl methyl sites for hydroxylation is 1. The average Bonchev–Trinajstić information content (AvgIpc) is 2.86. The van der Waals surface area contributed by atoms with Crippen molar-refractivity contribution in [2.24, 2.45) is 0 Å². The number of hydrogen-bond donors (Lipinski definition) is 0. The fraction of sp³-hybridized carbons (Fsp3) is 0.353. The fourth-order valence-corrected chi connectivity index (χ4v) is 2.68. The lowest BCUT2D eigenvalue weighted by Gasteiger charge is -2.25. The normalized spacial score (nSPS) is 16.5. The van der Waals surface area contributed by atoms with Crippen LogP contribution >= 0.6 is 0 Å². The number of furan rings is 1. The molecule has 1 aliphatic heterocycles. The Kier molecular flexibility index (Phi) is 3.80. The van der Waals surface area contributed by atoms with Gasteiger partial charge >= 0.3 is 0 Å². The molecule has 0 aliphatic carbocycles. The minimum Gasteiger partial charge on any atom is -0.456 e. The van der Waals surface area contributed by atoms with Gasteiger partial charge in [0.1, 0.15) is 11.3 Å². The summed E-state index contributed by atoms with van der Waals surface area (Å²) in [5.74, 6) is 0.813. The summed E-state index contributed by atoms with van der Waals surface area (Å²) in [6.45, 7) is 6.48. The highest BCUT2D eigenvalue weighted by Gasteiger charge is 2.17. The predicted octanol–water partition coefficient (Wildman–Crippen LogP) is 3.00. The largest absolute Gasteiger partial charge is 0.456 e. The van der Waals surface area contributed by atoms with E-state index in [9.17, 15) is 4.79 Å². The SMILES string of the molecule is C/C(=C\C(=O)N1CCOCC1)c1oc2ccccc2c1C. The van der Waals surface area contributed by atoms with Crippen LogP contribution in [0.25, 0.3) is 16.5 Å². The number of morpholine rings is 1. The van der Waals surface area contributed by atoms with Gasteiger partial charge in [0.2, 0.25) is 5.91 Å². The highest BCUT2D eigenvalue weighted by Crippen LogP contribution is 2.29. The highest BCUT2D eigenvalue weighted by molar-refractivity contribution is 5.96. The zero-order valence-electron chi connectivity index (χ0n) is 12.4. The molecule has 0 atom stereocenters. The highest BCUT2D eigenvalue weighted by atomic mass is 16.5. The van der Waals surface area contributed by atoms with Crippen LogP contribution in [0.2, 0.25) is 0 Å². The van der Waals surface area contributed by atoms with Crippen LogP contribution in [0.3, 0.4) is 0 Å². The molecular formula is C17H19NO3. The predicted molar refractivity (Wildman–Crippen MR) is 82.0 cm³/mol. The van der Waals surface area contributed by atoms with Crippen molar-refractivity contribution in [1.29, 1.82) is 0 Å². The van der Waals surface area contributed by atoms with Crippen LogP contribution in [0.1, 0.15) is 18.2 Å². The molecule has 2 heterocycles. The zero-order valence-corrected chi connectivity index (χ0v) is 12.4. The maximum Gasteiger partial charge on any atom is 0.247 e. The van der Waals surface area contributed by atoms with Crippen LogP contribution < -0.4 is 0 Å². The van der Waals surface area contributed by atoms with Crippen molar-refractivity contribution in [3.05, 3.63) is 41.7 Å². The Morgan fingerprint density at radius 3 is 2.67 bits per heavy atom. The van der Waals surface area contributed by atoms with Gasteiger partial charge in [-0.25, -0.2) is 0 Å². The molecule has 110 valence electrons. The van der Waals surface area contributed by atoms with Gasteiger partial charge in [0.15, 0.2) is 0 Å². The van der Waals surface area contributed by atoms with Gasteiger partial charge in [-0.15, -0.1) is 0 Å². The molecule has 0 radical (unpaired) electrons. The number of fused-ring (bicyclic) bond motifs is 1. The molecule has 1 saturated heterocycles. The van der Waals surface area contributed by atoms with Gasteiger partial charge in [0.25, 0.3) is 0 Å². The number of para-hydroxylation sites is 1. The molecule has 1 amide bonds. The molecule has 4 nitrogen and oxygen atoms in total. The summed E-state index contributed by atoms with van der Waals surface area (Å²) in [6.07, 6.45) is 1.66. The molecule has 1 aliphatic rings. The van der Waals surface area contributed by atoms with Crippen molar-refractivity contribution in [3.8, 4) is 0 Å². The molecule has 1 aromatic carbocycles. The van der Waals surface area contributed by atoms with E-state index in [0.29, 0.717) is 26.3 Å². The third-order valence-electron chi connectivity index (χ3n) is 3.86. The van der Waals surface area contributed by atoms with E-state index in [0.717, 1.165) is 27.9 Å². The molecule has 0 spiro atoms. The van der Waals surface area contributed by atoms with E-state index in [-0.39, 0.29) is 5.91 Å². The number of carbonyl (C=O) groups excluding carboxylic acids is 1. The van der Waals surface area contributed by atoms with E-state index in [1.807, 2.05) is 43.0 Å². The first-order valence-corrected chi connectivity index (χ1v) is 7.20. The quantitative estimate of drug-likeness (QED) is 0.797. The van der Waals surface area contributed by atoms with Crippen LogP contribution in [-0.2, 0) is 9.53 Å². The molecule has 0 unspecified atom stereocenters. The van der Waals surface area contributed by atoms with Crippen molar-refractivity contribution < 1.29 is 13.9 Å². The number of nitrogens with zero attached hydrogens (tertiary/aromatic N) is 1. The Morgan fingerprint density at radius 2 is 1.95 bits per heavy atom. The Labute approximate surface area is 124 Å². The standard InChI is InChI=1S/C17H19NO3/c1-12(11-16(19)18-7-9-20-10-8-18)17-13(2)14-5-3-4-6-15(14)21-17/h3-6,11H,7-10H2,1-2H3/b12-11+. The fourth-order valence-electron chi connectivity index (χ4n) is 2.68. The summed E-state index contributed by atoms with van der Waals surface area (Å²) >= 11 is 0. The summed E-state index contributed by atoms with van der Waals surface area (Å²) in [5, 5.41) is 1.10. The molecule has 1 aromatic heterocycles. The average molecular weight is 285 g/mol. The lowest BCUT2D eigenvalue weighted by Crippen LogP contribution is -2.39. The molecular weight excluding hydrogens is 266 g/mol. The van der Waals surface area contributed by atoms with Crippen molar-refractivity contribution in [2.45, 2.75) is 13.8 Å². The summed E-state index contributed by atoms with van der Waals surface area (Å²) in [5.41, 5.74) is 2.80. The first kappa shape index (κ1) is 13.9. The van der Waals surface area contributed by atoms with Gasteiger partial charge in [0, 0.05) is 30.1 Å². The number of hydrogen-bond acceptors (Lipinski definition) is 3. The molecule has 0 bridgehead atoms. The maximum atomic E-state index is 12.3. The van der Waals surface area contributed by atoms with Crippen LogP contribution in [-0.4, -0.2) is 37.1 Å². The van der Waals surface area contributed by atoms with E-state index in [4.69, 9.17) is 9.15 Å². The van der Waals surface area contributed by atoms with Gasteiger partial charge in [-0.1, -0.05) is 18.2 Å². The van der Waals surface area contributed by atoms with E-state index in [1.165, 1.54) is 0 Å². The first-order chi connectivity index (χ1) is 10.2. The Bertz CT molecular complexity index is 693. The summed E-state index contributed by atoms with van der Waals surface area (Å²) in [4.78, 5) is 14.1. The van der Waals surface area contributed by atoms with E-state index in [2.05, 4.69) is 0 Å². The van der Waals surface area contributed by atoms with Crippen LogP contribution in [0, 0.1) is 6.92 Å². The second-order valence-electron chi connectivity index (χ2n) is 5.32. The maximum absolute atomic E-state index is 12.3. The monoisotopic (exact) mass is 285 g/mol. The summed E-state index contributed by atoms with van der Waals surface area (Å²) < 4.78 is 11.2. The van der Waals surface area contributed by atoms with Crippen molar-refractivity contribution >= 4 is 22.4 Å². The van der Waals surface area contributed by atoms with Crippen molar-refractivity contribution in [2.75, 3.05) is 26.3 Å². The number of benzene rings is 1. The second-order valence-corrected chi connectivity index (χ2v) is 5.32. The van der Waals surface area contributed by atoms with Gasteiger partial charge < -0.3 is 14.1 Å². The minimum absolute atomic E-state index is 0.0238. The van der Waals surface area contributed by atoms with Gasteiger partial charge in [-0.3, -0.25) is 4.79 Å². The number of carbonyl (C=O) groups is 1. The van der Waals surface area contributed by atoms with Crippen LogP contribution in [0.4, 0.5) is 0 Å². The summed E-state index contributed by atoms with van der Waals surface area (Å²) in [6, 6.07) is 7.93. The Balaban J connectivity index is 1.88. The van der Waals surface area contributed by atoms with E-state index < -0.39 is 0 Å². The van der Waals surface area contributed by atoms with E-state index in [1.54, 1.807) is 6.08 Å². The number of allylic oxidation sites excluding steroid dienone is 1. The molecule has 0 saturated carbocycles. The lowest BCUT2D eigenvalue weighted by molar-refractivity contribution is -0.129. The van der Waals surface area contributed by atoms with Gasteiger partial charge in [0.05, 0.1) is 13.2 Å². The second kappa shape index (κ2) is 5.74. The van der Waals surface area contributed by atoms with Gasteiger partial charge in [-0.05, 0) is 25.5 Å². The molecule has 21 heavy (non-hydrogen) atoms. The Hall–Kier alpha value is -2.07. The molecule has 0 N–H and O–H groups in total. The molecule has 2 aromatic rings. The third-order valence-corrected chi connectivity index (χ3v) is 3.86. The van der Waals surface area contributed by atoms with E-state index >= 15 is 0 Å². The van der Waals surface area contributed by atoms with Crippen molar-refractivity contribution in [1.82, 2.24) is 4.90 Å². The number of amides is 1. The van der Waals surface area contributed by atoms with Crippen LogP contribution in [0.5, 0.6) is 0 Å². The molecule has 4 heteroatoms. The minimum atomic E-state index is 0.0238. The first-order valence-electron chi connectivity index (χ1n) is 7.20. The Morgan fingerprint density at radius 1 is 1.24 bits per heavy atom. The van der Waals surface area contributed by atoms with Crippen LogP contribution in [0.15, 0.2) is 34.8 Å². The third kappa shape index (κ3) is 2.72. The smallest absolute Gasteiger partial charge is 0.247 e. The zero-order chi connectivity index (χ0) is 14.8. The van der Waals surface area contributed by atoms with Crippen molar-refractivity contribution in [3.63, 3.8) is 0 Å². The number of rotatable bonds is 2. The molecule has 3 rings (SSSR count). The van der Waals surface area contributed by atoms with Gasteiger partial charge in [-0.2, -0.15) is 0 Å².